The van der Waals surface area contributed by atoms with Crippen LogP contribution in [0.5, 0.6) is 0 Å². The average molecular weight is 504 g/mol. The molecule has 1 fully saturated rings. The van der Waals surface area contributed by atoms with Gasteiger partial charge in [-0.1, -0.05) is 38.1 Å². The van der Waals surface area contributed by atoms with Crippen LogP contribution in [0.1, 0.15) is 58.8 Å². The number of amides is 2. The topological polar surface area (TPSA) is 128 Å². The number of benzene rings is 1. The Kier molecular flexibility index (Phi) is 6.24. The van der Waals surface area contributed by atoms with E-state index in [-0.39, 0.29) is 23.3 Å². The molecule has 1 aromatic carbocycles. The number of ether oxygens (including phenoxy) is 1. The summed E-state index contributed by atoms with van der Waals surface area (Å²) in [6.07, 6.45) is 3.29. The number of aryl methyl sites for hydroxylation is 1. The van der Waals surface area contributed by atoms with E-state index in [4.69, 9.17) is 9.26 Å². The molecule has 11 heteroatoms. The van der Waals surface area contributed by atoms with Gasteiger partial charge in [0.15, 0.2) is 0 Å². The van der Waals surface area contributed by atoms with Gasteiger partial charge in [-0.25, -0.2) is 9.50 Å². The van der Waals surface area contributed by atoms with Gasteiger partial charge in [0.1, 0.15) is 6.33 Å². The summed E-state index contributed by atoms with van der Waals surface area (Å²) >= 11 is 0. The highest BCUT2D eigenvalue weighted by Crippen LogP contribution is 2.27. The maximum atomic E-state index is 12.8. The Labute approximate surface area is 213 Å². The van der Waals surface area contributed by atoms with Crippen LogP contribution in [0.25, 0.3) is 16.8 Å². The Morgan fingerprint density at radius 3 is 2.68 bits per heavy atom. The summed E-state index contributed by atoms with van der Waals surface area (Å²) in [5.41, 5.74) is 4.48. The lowest BCUT2D eigenvalue weighted by molar-refractivity contribution is -0.0191. The summed E-state index contributed by atoms with van der Waals surface area (Å²) in [5, 5.41) is 10.9. The highest BCUT2D eigenvalue weighted by atomic mass is 16.5. The zero-order valence-electron chi connectivity index (χ0n) is 21.5. The number of carbonyl (C=O) groups is 2. The van der Waals surface area contributed by atoms with Crippen molar-refractivity contribution in [3.8, 4) is 11.3 Å². The fourth-order valence-corrected chi connectivity index (χ4v) is 4.12. The predicted molar refractivity (Wildman–Crippen MR) is 134 cm³/mol. The van der Waals surface area contributed by atoms with Crippen LogP contribution in [0.15, 0.2) is 41.3 Å². The van der Waals surface area contributed by atoms with Crippen LogP contribution in [0.3, 0.4) is 0 Å². The molecule has 1 N–H and O–H groups in total. The Morgan fingerprint density at radius 2 is 2.00 bits per heavy atom. The van der Waals surface area contributed by atoms with Crippen LogP contribution in [-0.2, 0) is 16.7 Å². The van der Waals surface area contributed by atoms with Crippen molar-refractivity contribution in [2.75, 3.05) is 20.2 Å². The van der Waals surface area contributed by atoms with Gasteiger partial charge >= 0.3 is 0 Å². The number of fused-ring (bicyclic) bond motifs is 1. The van der Waals surface area contributed by atoms with Gasteiger partial charge in [0, 0.05) is 43.9 Å². The Balaban J connectivity index is 1.31. The standard InChI is InChI=1S/C26H29N7O4/c1-15-8-16(6-7-17(15)10-27-23(34)22-30-25(37-31-22)26(2,3)4)21-20-9-18(11-33(20)29-14-28-21)24(35)32-12-19(13-32)36-5/h6-9,11,14,19H,10,12-13H2,1-5H3,(H,27,34). The van der Waals surface area contributed by atoms with Crippen LogP contribution in [0.4, 0.5) is 0 Å². The van der Waals surface area contributed by atoms with Crippen molar-refractivity contribution < 1.29 is 18.8 Å². The molecule has 1 aliphatic rings. The molecule has 0 aliphatic carbocycles. The number of nitrogens with zero attached hydrogens (tertiary/aromatic N) is 6. The van der Waals surface area contributed by atoms with Gasteiger partial charge in [-0.15, -0.1) is 0 Å². The number of nitrogens with one attached hydrogen (secondary N) is 1. The minimum atomic E-state index is -0.398. The summed E-state index contributed by atoms with van der Waals surface area (Å²) < 4.78 is 12.1. The van der Waals surface area contributed by atoms with Crippen LogP contribution in [0.2, 0.25) is 0 Å². The second-order valence-electron chi connectivity index (χ2n) is 10.2. The number of rotatable bonds is 6. The second kappa shape index (κ2) is 9.40. The third-order valence-corrected chi connectivity index (χ3v) is 6.45. The van der Waals surface area contributed by atoms with E-state index in [2.05, 4.69) is 25.5 Å². The van der Waals surface area contributed by atoms with Gasteiger partial charge in [0.25, 0.3) is 17.6 Å². The van der Waals surface area contributed by atoms with Gasteiger partial charge < -0.3 is 19.5 Å². The van der Waals surface area contributed by atoms with Crippen molar-refractivity contribution in [2.24, 2.45) is 0 Å². The van der Waals surface area contributed by atoms with Crippen molar-refractivity contribution >= 4 is 17.3 Å². The maximum Gasteiger partial charge on any atom is 0.292 e. The molecule has 0 spiro atoms. The average Bonchev–Trinajstić information content (AvgIpc) is 3.50. The largest absolute Gasteiger partial charge is 0.378 e. The maximum absolute atomic E-state index is 12.8. The Morgan fingerprint density at radius 1 is 1.22 bits per heavy atom. The van der Waals surface area contributed by atoms with E-state index < -0.39 is 5.91 Å². The monoisotopic (exact) mass is 503 g/mol. The van der Waals surface area contributed by atoms with Gasteiger partial charge in [0.2, 0.25) is 5.89 Å². The Bertz CT molecular complexity index is 1480. The molecule has 1 saturated heterocycles. The molecule has 4 heterocycles. The molecule has 11 nitrogen and oxygen atoms in total. The van der Waals surface area contributed by atoms with Crippen LogP contribution < -0.4 is 5.32 Å². The zero-order chi connectivity index (χ0) is 26.3. The van der Waals surface area contributed by atoms with Crippen molar-refractivity contribution in [1.82, 2.24) is 35.0 Å². The van der Waals surface area contributed by atoms with E-state index in [1.807, 2.05) is 52.0 Å². The smallest absolute Gasteiger partial charge is 0.292 e. The first-order valence-corrected chi connectivity index (χ1v) is 12.0. The van der Waals surface area contributed by atoms with Gasteiger partial charge in [-0.2, -0.15) is 10.1 Å². The number of carbonyl (C=O) groups excluding carboxylic acids is 2. The predicted octanol–water partition coefficient (Wildman–Crippen LogP) is 2.79. The number of hydrogen-bond donors (Lipinski definition) is 1. The lowest BCUT2D eigenvalue weighted by Gasteiger charge is -2.37. The van der Waals surface area contributed by atoms with Gasteiger partial charge in [-0.3, -0.25) is 9.59 Å². The summed E-state index contributed by atoms with van der Waals surface area (Å²) in [5.74, 6) is -0.0290. The third-order valence-electron chi connectivity index (χ3n) is 6.45. The molecule has 0 bridgehead atoms. The van der Waals surface area contributed by atoms with Crippen LogP contribution in [-0.4, -0.2) is 67.8 Å². The minimum absolute atomic E-state index is 0.0112. The Hall–Kier alpha value is -4.12. The molecule has 192 valence electrons. The quantitative estimate of drug-likeness (QED) is 0.425. The summed E-state index contributed by atoms with van der Waals surface area (Å²) in [6.45, 7) is 9.27. The number of methoxy groups -OCH3 is 1. The first-order chi connectivity index (χ1) is 17.6. The molecule has 2 amide bonds. The first kappa shape index (κ1) is 24.6. The lowest BCUT2D eigenvalue weighted by atomic mass is 9.97. The fourth-order valence-electron chi connectivity index (χ4n) is 4.12. The molecular weight excluding hydrogens is 474 g/mol. The van der Waals surface area contributed by atoms with Gasteiger partial charge in [0.05, 0.1) is 22.9 Å². The van der Waals surface area contributed by atoms with E-state index in [1.54, 1.807) is 22.7 Å². The first-order valence-electron chi connectivity index (χ1n) is 12.0. The van der Waals surface area contributed by atoms with Crippen LogP contribution in [0, 0.1) is 6.92 Å². The van der Waals surface area contributed by atoms with Crippen molar-refractivity contribution in [1.29, 1.82) is 0 Å². The molecule has 5 rings (SSSR count). The molecule has 0 saturated carbocycles. The fraction of sp³-hybridized carbons (Fsp3) is 0.385. The molecule has 1 aliphatic heterocycles. The molecule has 37 heavy (non-hydrogen) atoms. The molecule has 0 atom stereocenters. The summed E-state index contributed by atoms with van der Waals surface area (Å²) in [4.78, 5) is 35.8. The number of aromatic nitrogens is 5. The van der Waals surface area contributed by atoms with E-state index >= 15 is 0 Å². The summed E-state index contributed by atoms with van der Waals surface area (Å²) in [6, 6.07) is 7.71. The second-order valence-corrected chi connectivity index (χ2v) is 10.2. The number of likely N-dealkylation sites (tertiary alicyclic amines) is 1. The van der Waals surface area contributed by atoms with E-state index in [0.717, 1.165) is 22.2 Å². The SMILES string of the molecule is COC1CN(C(=O)c2cc3c(-c4ccc(CNC(=O)c5noc(C(C)(C)C)n5)c(C)c4)ncnn3c2)C1. The van der Waals surface area contributed by atoms with Crippen molar-refractivity contribution in [2.45, 2.75) is 45.8 Å². The van der Waals surface area contributed by atoms with E-state index in [0.29, 0.717) is 36.8 Å². The third kappa shape index (κ3) is 4.82. The summed E-state index contributed by atoms with van der Waals surface area (Å²) in [7, 11) is 1.65. The number of hydrogen-bond acceptors (Lipinski definition) is 8. The highest BCUT2D eigenvalue weighted by molar-refractivity contribution is 5.97. The molecule has 3 aromatic heterocycles. The molecular formula is C26H29N7O4. The van der Waals surface area contributed by atoms with Crippen molar-refractivity contribution in [3.05, 3.63) is 65.2 Å². The molecule has 4 aromatic rings. The van der Waals surface area contributed by atoms with Crippen molar-refractivity contribution in [3.63, 3.8) is 0 Å². The highest BCUT2D eigenvalue weighted by Gasteiger charge is 2.32. The van der Waals surface area contributed by atoms with E-state index in [1.165, 1.54) is 6.33 Å². The molecule has 0 unspecified atom stereocenters. The molecule has 0 radical (unpaired) electrons. The van der Waals surface area contributed by atoms with E-state index in [9.17, 15) is 9.59 Å². The zero-order valence-corrected chi connectivity index (χ0v) is 21.5. The minimum Gasteiger partial charge on any atom is -0.378 e. The van der Waals surface area contributed by atoms with Gasteiger partial charge in [-0.05, 0) is 30.2 Å². The normalized spacial score (nSPS) is 14.1. The lowest BCUT2D eigenvalue weighted by Crippen LogP contribution is -2.54. The van der Waals surface area contributed by atoms with Crippen LogP contribution >= 0.6 is 0 Å².